The molecule has 1 aliphatic carbocycles. The average molecular weight is 276 g/mol. The molecule has 4 nitrogen and oxygen atoms in total. The first-order chi connectivity index (χ1) is 9.39. The molecule has 1 aliphatic heterocycles. The maximum atomic E-state index is 4.27. The van der Waals surface area contributed by atoms with Gasteiger partial charge in [-0.05, 0) is 51.5 Å². The topological polar surface area (TPSA) is 33.1 Å². The SMILES string of the molecule is Cn1cc(CCN2CC(C)(C3CC3)NCC2(C)C)cn1. The lowest BCUT2D eigenvalue weighted by Crippen LogP contribution is -2.68. The predicted octanol–water partition coefficient (Wildman–Crippen LogP) is 1.82. The fourth-order valence-corrected chi connectivity index (χ4v) is 3.44. The Labute approximate surface area is 122 Å². The van der Waals surface area contributed by atoms with Crippen molar-refractivity contribution in [1.29, 1.82) is 0 Å². The number of rotatable bonds is 4. The first-order valence-corrected chi connectivity index (χ1v) is 7.87. The zero-order chi connectivity index (χ0) is 14.4. The molecular formula is C16H28N4. The van der Waals surface area contributed by atoms with Gasteiger partial charge in [-0.2, -0.15) is 5.10 Å². The molecular weight excluding hydrogens is 248 g/mol. The summed E-state index contributed by atoms with van der Waals surface area (Å²) in [6.45, 7) is 10.5. The maximum Gasteiger partial charge on any atom is 0.0522 e. The van der Waals surface area contributed by atoms with Crippen molar-refractivity contribution in [3.8, 4) is 0 Å². The van der Waals surface area contributed by atoms with Crippen molar-refractivity contribution in [1.82, 2.24) is 20.0 Å². The Bertz CT molecular complexity index is 475. The molecule has 1 unspecified atom stereocenters. The molecule has 1 aromatic rings. The van der Waals surface area contributed by atoms with Crippen LogP contribution >= 0.6 is 0 Å². The lowest BCUT2D eigenvalue weighted by atomic mass is 9.86. The summed E-state index contributed by atoms with van der Waals surface area (Å²) in [6, 6.07) is 0. The summed E-state index contributed by atoms with van der Waals surface area (Å²) >= 11 is 0. The van der Waals surface area contributed by atoms with E-state index in [9.17, 15) is 0 Å². The van der Waals surface area contributed by atoms with Crippen LogP contribution in [-0.4, -0.2) is 45.4 Å². The fraction of sp³-hybridized carbons (Fsp3) is 0.812. The van der Waals surface area contributed by atoms with Gasteiger partial charge < -0.3 is 5.32 Å². The Morgan fingerprint density at radius 2 is 2.10 bits per heavy atom. The highest BCUT2D eigenvalue weighted by Crippen LogP contribution is 2.42. The van der Waals surface area contributed by atoms with Gasteiger partial charge in [-0.15, -0.1) is 0 Å². The van der Waals surface area contributed by atoms with Crippen LogP contribution in [0.4, 0.5) is 0 Å². The van der Waals surface area contributed by atoms with E-state index in [0.29, 0.717) is 5.54 Å². The lowest BCUT2D eigenvalue weighted by molar-refractivity contribution is 0.0253. The molecule has 1 aromatic heterocycles. The average Bonchev–Trinajstić information content (AvgIpc) is 3.16. The third kappa shape index (κ3) is 2.77. The van der Waals surface area contributed by atoms with Gasteiger partial charge in [0.1, 0.15) is 0 Å². The third-order valence-electron chi connectivity index (χ3n) is 5.21. The Balaban J connectivity index is 1.65. The fourth-order valence-electron chi connectivity index (χ4n) is 3.44. The van der Waals surface area contributed by atoms with Crippen LogP contribution in [0.5, 0.6) is 0 Å². The first-order valence-electron chi connectivity index (χ1n) is 7.87. The number of aryl methyl sites for hydroxylation is 1. The van der Waals surface area contributed by atoms with Crippen molar-refractivity contribution in [2.45, 2.75) is 51.1 Å². The van der Waals surface area contributed by atoms with Crippen molar-refractivity contribution in [3.63, 3.8) is 0 Å². The molecule has 0 bridgehead atoms. The van der Waals surface area contributed by atoms with Gasteiger partial charge in [-0.25, -0.2) is 0 Å². The van der Waals surface area contributed by atoms with E-state index in [0.717, 1.165) is 25.4 Å². The standard InChI is InChI=1S/C16H28N4/c1-15(2)11-17-16(3,14-5-6-14)12-20(15)8-7-13-9-18-19(4)10-13/h9-10,14,17H,5-8,11-12H2,1-4H3. The van der Waals surface area contributed by atoms with E-state index >= 15 is 0 Å². The predicted molar refractivity (Wildman–Crippen MR) is 81.7 cm³/mol. The Morgan fingerprint density at radius 3 is 2.70 bits per heavy atom. The molecule has 3 rings (SSSR count). The van der Waals surface area contributed by atoms with E-state index in [-0.39, 0.29) is 5.54 Å². The van der Waals surface area contributed by atoms with Crippen LogP contribution in [0.15, 0.2) is 12.4 Å². The summed E-state index contributed by atoms with van der Waals surface area (Å²) in [6.07, 6.45) is 8.03. The van der Waals surface area contributed by atoms with Crippen molar-refractivity contribution >= 4 is 0 Å². The molecule has 1 saturated heterocycles. The zero-order valence-corrected chi connectivity index (χ0v) is 13.3. The molecule has 2 heterocycles. The minimum Gasteiger partial charge on any atom is -0.308 e. The second-order valence-corrected chi connectivity index (χ2v) is 7.55. The van der Waals surface area contributed by atoms with Gasteiger partial charge in [0.15, 0.2) is 0 Å². The van der Waals surface area contributed by atoms with Gasteiger partial charge in [0.2, 0.25) is 0 Å². The molecule has 0 aromatic carbocycles. The van der Waals surface area contributed by atoms with Gasteiger partial charge in [0.05, 0.1) is 6.20 Å². The first kappa shape index (κ1) is 14.1. The Kier molecular flexibility index (Phi) is 3.41. The summed E-state index contributed by atoms with van der Waals surface area (Å²) in [5.41, 5.74) is 1.91. The normalized spacial score (nSPS) is 30.6. The van der Waals surface area contributed by atoms with Gasteiger partial charge in [0, 0.05) is 44.0 Å². The number of piperazine rings is 1. The van der Waals surface area contributed by atoms with Crippen molar-refractivity contribution < 1.29 is 0 Å². The van der Waals surface area contributed by atoms with Crippen LogP contribution in [0, 0.1) is 5.92 Å². The third-order valence-corrected chi connectivity index (χ3v) is 5.21. The molecule has 4 heteroatoms. The molecule has 2 fully saturated rings. The lowest BCUT2D eigenvalue weighted by Gasteiger charge is -2.51. The molecule has 20 heavy (non-hydrogen) atoms. The molecule has 1 atom stereocenters. The van der Waals surface area contributed by atoms with Crippen molar-refractivity contribution in [2.75, 3.05) is 19.6 Å². The van der Waals surface area contributed by atoms with Crippen LogP contribution in [0.2, 0.25) is 0 Å². The monoisotopic (exact) mass is 276 g/mol. The number of hydrogen-bond acceptors (Lipinski definition) is 3. The molecule has 1 N–H and O–H groups in total. The zero-order valence-electron chi connectivity index (χ0n) is 13.3. The van der Waals surface area contributed by atoms with Crippen molar-refractivity contribution in [3.05, 3.63) is 18.0 Å². The molecule has 1 saturated carbocycles. The minimum atomic E-state index is 0.247. The van der Waals surface area contributed by atoms with Crippen LogP contribution in [0.25, 0.3) is 0 Å². The van der Waals surface area contributed by atoms with Gasteiger partial charge >= 0.3 is 0 Å². The summed E-state index contributed by atoms with van der Waals surface area (Å²) in [5, 5.41) is 8.09. The van der Waals surface area contributed by atoms with E-state index in [1.165, 1.54) is 24.9 Å². The number of hydrogen-bond donors (Lipinski definition) is 1. The summed E-state index contributed by atoms with van der Waals surface area (Å²) in [5.74, 6) is 0.888. The van der Waals surface area contributed by atoms with E-state index in [1.54, 1.807) is 0 Å². The second kappa shape index (κ2) is 4.85. The summed E-state index contributed by atoms with van der Waals surface area (Å²) in [4.78, 5) is 2.68. The second-order valence-electron chi connectivity index (χ2n) is 7.55. The molecule has 0 spiro atoms. The molecule has 0 amide bonds. The van der Waals surface area contributed by atoms with E-state index < -0.39 is 0 Å². The highest BCUT2D eigenvalue weighted by atomic mass is 15.3. The molecule has 2 aliphatic rings. The number of nitrogens with zero attached hydrogens (tertiary/aromatic N) is 3. The summed E-state index contributed by atoms with van der Waals surface area (Å²) < 4.78 is 1.90. The Morgan fingerprint density at radius 1 is 1.35 bits per heavy atom. The molecule has 0 radical (unpaired) electrons. The van der Waals surface area contributed by atoms with Crippen molar-refractivity contribution in [2.24, 2.45) is 13.0 Å². The summed E-state index contributed by atoms with van der Waals surface area (Å²) in [7, 11) is 1.99. The number of aromatic nitrogens is 2. The molecule has 112 valence electrons. The van der Waals surface area contributed by atoms with Gasteiger partial charge in [0.25, 0.3) is 0 Å². The van der Waals surface area contributed by atoms with Gasteiger partial charge in [-0.1, -0.05) is 0 Å². The van der Waals surface area contributed by atoms with Gasteiger partial charge in [-0.3, -0.25) is 9.58 Å². The van der Waals surface area contributed by atoms with E-state index in [1.807, 2.05) is 17.9 Å². The maximum absolute atomic E-state index is 4.27. The van der Waals surface area contributed by atoms with Crippen LogP contribution in [0.1, 0.15) is 39.2 Å². The smallest absolute Gasteiger partial charge is 0.0522 e. The number of nitrogens with one attached hydrogen (secondary N) is 1. The largest absolute Gasteiger partial charge is 0.308 e. The quantitative estimate of drug-likeness (QED) is 0.910. The van der Waals surface area contributed by atoms with Crippen LogP contribution in [-0.2, 0) is 13.5 Å². The van der Waals surface area contributed by atoms with Crippen LogP contribution in [0.3, 0.4) is 0 Å². The minimum absolute atomic E-state index is 0.247. The van der Waals surface area contributed by atoms with Crippen LogP contribution < -0.4 is 5.32 Å². The van der Waals surface area contributed by atoms with E-state index in [2.05, 4.69) is 42.3 Å². The van der Waals surface area contributed by atoms with E-state index in [4.69, 9.17) is 0 Å². The highest BCUT2D eigenvalue weighted by molar-refractivity contribution is 5.09. The highest BCUT2D eigenvalue weighted by Gasteiger charge is 2.47. The Hall–Kier alpha value is -0.870.